The highest BCUT2D eigenvalue weighted by Gasteiger charge is 2.21. The van der Waals surface area contributed by atoms with E-state index in [1.807, 2.05) is 30.3 Å². The molecule has 1 nitrogen and oxygen atoms in total. The largest absolute Gasteiger partial charge is 0.299 e. The fourth-order valence-corrected chi connectivity index (χ4v) is 3.49. The van der Waals surface area contributed by atoms with Gasteiger partial charge in [-0.3, -0.25) is 4.79 Å². The summed E-state index contributed by atoms with van der Waals surface area (Å²) in [4.78, 5) is 12.5. The first-order chi connectivity index (χ1) is 11.3. The van der Waals surface area contributed by atoms with Crippen LogP contribution in [0.3, 0.4) is 0 Å². The molecule has 1 heteroatoms. The molecule has 1 aliphatic carbocycles. The Morgan fingerprint density at radius 2 is 1.48 bits per heavy atom. The minimum Gasteiger partial charge on any atom is -0.299 e. The van der Waals surface area contributed by atoms with Crippen molar-refractivity contribution in [2.24, 2.45) is 0 Å². The molecule has 0 amide bonds. The van der Waals surface area contributed by atoms with Crippen molar-refractivity contribution in [3.63, 3.8) is 0 Å². The highest BCUT2D eigenvalue weighted by Crippen LogP contribution is 2.38. The van der Waals surface area contributed by atoms with Crippen LogP contribution in [0.4, 0.5) is 0 Å². The van der Waals surface area contributed by atoms with Crippen LogP contribution in [0, 0.1) is 0 Å². The highest BCUT2D eigenvalue weighted by molar-refractivity contribution is 5.85. The summed E-state index contributed by atoms with van der Waals surface area (Å²) in [5.41, 5.74) is 7.58. The zero-order valence-corrected chi connectivity index (χ0v) is 13.0. The molecule has 0 saturated carbocycles. The summed E-state index contributed by atoms with van der Waals surface area (Å²) in [6.07, 6.45) is 1.98. The lowest BCUT2D eigenvalue weighted by molar-refractivity contribution is -0.117. The van der Waals surface area contributed by atoms with E-state index in [0.717, 1.165) is 12.0 Å². The molecule has 0 aromatic heterocycles. The fourth-order valence-electron chi connectivity index (χ4n) is 3.49. The minimum absolute atomic E-state index is 0.278. The maximum atomic E-state index is 12.5. The second kappa shape index (κ2) is 5.85. The second-order valence-electron chi connectivity index (χ2n) is 6.16. The normalized spacial score (nSPS) is 11.8. The van der Waals surface area contributed by atoms with E-state index >= 15 is 0 Å². The van der Waals surface area contributed by atoms with Crippen molar-refractivity contribution in [1.29, 1.82) is 0 Å². The maximum Gasteiger partial charge on any atom is 0.141 e. The third-order valence-electron chi connectivity index (χ3n) is 4.58. The summed E-state index contributed by atoms with van der Waals surface area (Å²) in [5, 5.41) is 0. The van der Waals surface area contributed by atoms with E-state index in [9.17, 15) is 4.79 Å². The predicted molar refractivity (Wildman–Crippen MR) is 93.5 cm³/mol. The number of carbonyl (C=O) groups excluding carboxylic acids is 1. The van der Waals surface area contributed by atoms with E-state index in [1.54, 1.807) is 0 Å². The fraction of sp³-hybridized carbons (Fsp3) is 0.136. The number of hydrogen-bond donors (Lipinski definition) is 0. The van der Waals surface area contributed by atoms with E-state index in [4.69, 9.17) is 0 Å². The van der Waals surface area contributed by atoms with E-state index in [0.29, 0.717) is 12.8 Å². The number of benzene rings is 3. The Bertz CT molecular complexity index is 862. The summed E-state index contributed by atoms with van der Waals surface area (Å²) < 4.78 is 0. The summed E-state index contributed by atoms with van der Waals surface area (Å²) in [7, 11) is 0. The van der Waals surface area contributed by atoms with Gasteiger partial charge in [-0.05, 0) is 39.8 Å². The summed E-state index contributed by atoms with van der Waals surface area (Å²) in [5.74, 6) is 0.278. The molecule has 0 bridgehead atoms. The van der Waals surface area contributed by atoms with Crippen LogP contribution in [0.15, 0.2) is 72.8 Å². The molecule has 23 heavy (non-hydrogen) atoms. The number of fused-ring (bicyclic) bond motifs is 3. The van der Waals surface area contributed by atoms with Crippen molar-refractivity contribution in [3.05, 3.63) is 95.1 Å². The maximum absolute atomic E-state index is 12.5. The Labute approximate surface area is 136 Å². The zero-order chi connectivity index (χ0) is 15.6. The second-order valence-corrected chi connectivity index (χ2v) is 6.16. The lowest BCUT2D eigenvalue weighted by Crippen LogP contribution is -2.08. The van der Waals surface area contributed by atoms with E-state index in [-0.39, 0.29) is 5.78 Å². The molecule has 0 atom stereocenters. The summed E-state index contributed by atoms with van der Waals surface area (Å²) in [6.45, 7) is 0. The third-order valence-corrected chi connectivity index (χ3v) is 4.58. The first-order valence-electron chi connectivity index (χ1n) is 8.06. The van der Waals surface area contributed by atoms with Crippen LogP contribution >= 0.6 is 0 Å². The van der Waals surface area contributed by atoms with Gasteiger partial charge in [0, 0.05) is 12.8 Å². The van der Waals surface area contributed by atoms with Crippen molar-refractivity contribution >= 4 is 5.78 Å². The summed E-state index contributed by atoms with van der Waals surface area (Å²) >= 11 is 0. The Kier molecular flexibility index (Phi) is 3.55. The van der Waals surface area contributed by atoms with Crippen LogP contribution in [-0.2, 0) is 24.1 Å². The molecule has 3 aromatic rings. The van der Waals surface area contributed by atoms with Crippen molar-refractivity contribution in [3.8, 4) is 11.1 Å². The smallest absolute Gasteiger partial charge is 0.141 e. The molecule has 0 unspecified atom stereocenters. The van der Waals surface area contributed by atoms with Gasteiger partial charge in [0.1, 0.15) is 5.78 Å². The predicted octanol–water partition coefficient (Wildman–Crippen LogP) is 4.61. The van der Waals surface area contributed by atoms with Crippen LogP contribution in [0.2, 0.25) is 0 Å². The van der Waals surface area contributed by atoms with Gasteiger partial charge in [-0.2, -0.15) is 0 Å². The molecule has 0 saturated heterocycles. The monoisotopic (exact) mass is 298 g/mol. The molecule has 0 spiro atoms. The number of ketones is 1. The van der Waals surface area contributed by atoms with Crippen LogP contribution in [0.1, 0.15) is 22.3 Å². The minimum atomic E-state index is 0.278. The Hall–Kier alpha value is -2.67. The Balaban J connectivity index is 1.59. The molecule has 3 aromatic carbocycles. The van der Waals surface area contributed by atoms with Crippen LogP contribution in [-0.4, -0.2) is 5.78 Å². The summed E-state index contributed by atoms with van der Waals surface area (Å²) in [6, 6.07) is 24.9. The van der Waals surface area contributed by atoms with Crippen LogP contribution in [0.5, 0.6) is 0 Å². The van der Waals surface area contributed by atoms with Crippen molar-refractivity contribution in [2.45, 2.75) is 19.3 Å². The van der Waals surface area contributed by atoms with Gasteiger partial charge in [0.2, 0.25) is 0 Å². The van der Waals surface area contributed by atoms with Gasteiger partial charge in [0.05, 0.1) is 0 Å². The van der Waals surface area contributed by atoms with Gasteiger partial charge in [-0.25, -0.2) is 0 Å². The number of rotatable bonds is 4. The van der Waals surface area contributed by atoms with Gasteiger partial charge >= 0.3 is 0 Å². The molecule has 0 heterocycles. The number of Topliss-reactive ketones (excluding diaryl/α,β-unsaturated/α-hetero) is 1. The quantitative estimate of drug-likeness (QED) is 0.537. The van der Waals surface area contributed by atoms with Crippen LogP contribution < -0.4 is 0 Å². The molecule has 0 radical (unpaired) electrons. The molecule has 0 N–H and O–H groups in total. The first kappa shape index (κ1) is 14.0. The molecule has 0 aliphatic heterocycles. The molecular formula is C22H18O. The Morgan fingerprint density at radius 3 is 2.35 bits per heavy atom. The van der Waals surface area contributed by atoms with E-state index < -0.39 is 0 Å². The van der Waals surface area contributed by atoms with Gasteiger partial charge in [0.25, 0.3) is 0 Å². The van der Waals surface area contributed by atoms with Crippen molar-refractivity contribution < 1.29 is 4.79 Å². The average Bonchev–Trinajstić information content (AvgIpc) is 2.96. The van der Waals surface area contributed by atoms with Gasteiger partial charge in [0.15, 0.2) is 0 Å². The van der Waals surface area contributed by atoms with Crippen molar-refractivity contribution in [2.75, 3.05) is 0 Å². The van der Waals surface area contributed by atoms with Gasteiger partial charge < -0.3 is 0 Å². The zero-order valence-electron chi connectivity index (χ0n) is 13.0. The van der Waals surface area contributed by atoms with E-state index in [2.05, 4.69) is 42.5 Å². The molecule has 112 valence electrons. The van der Waals surface area contributed by atoms with Gasteiger partial charge in [-0.15, -0.1) is 0 Å². The Morgan fingerprint density at radius 1 is 0.739 bits per heavy atom. The average molecular weight is 298 g/mol. The third kappa shape index (κ3) is 2.70. The SMILES string of the molecule is O=C(Cc1ccccc1)Cc1cccc2c1Cc1ccccc1-2. The topological polar surface area (TPSA) is 17.1 Å². The number of carbonyl (C=O) groups is 1. The van der Waals surface area contributed by atoms with E-state index in [1.165, 1.54) is 27.8 Å². The molecule has 0 fully saturated rings. The number of hydrogen-bond acceptors (Lipinski definition) is 1. The first-order valence-corrected chi connectivity index (χ1v) is 8.06. The lowest BCUT2D eigenvalue weighted by Gasteiger charge is -2.08. The molecule has 1 aliphatic rings. The standard InChI is InChI=1S/C22H18O/c23-19(13-16-7-2-1-3-8-16)14-17-10-6-12-21-20-11-5-4-9-18(20)15-22(17)21/h1-12H,13-15H2. The lowest BCUT2D eigenvalue weighted by atomic mass is 9.96. The van der Waals surface area contributed by atoms with Gasteiger partial charge in [-0.1, -0.05) is 72.8 Å². The van der Waals surface area contributed by atoms with Crippen LogP contribution in [0.25, 0.3) is 11.1 Å². The molecular weight excluding hydrogens is 280 g/mol. The molecule has 4 rings (SSSR count). The van der Waals surface area contributed by atoms with Crippen molar-refractivity contribution in [1.82, 2.24) is 0 Å². The highest BCUT2D eigenvalue weighted by atomic mass is 16.1.